The molecule has 2 N–H and O–H groups in total. The molecule has 0 saturated heterocycles. The number of benzene rings is 1. The molecule has 1 aliphatic rings. The molecule has 1 aromatic carbocycles. The second-order valence-corrected chi connectivity index (χ2v) is 6.74. The lowest BCUT2D eigenvalue weighted by molar-refractivity contribution is -0.108. The first-order valence-corrected chi connectivity index (χ1v) is 10.9. The Kier molecular flexibility index (Phi) is 14.1. The fraction of sp³-hybridized carbons (Fsp3) is 0.435. The van der Waals surface area contributed by atoms with Gasteiger partial charge in [-0.05, 0) is 41.6 Å². The monoisotopic (exact) mass is 417 g/mol. The highest BCUT2D eigenvalue weighted by Gasteiger charge is 2.14. The highest BCUT2D eigenvalue weighted by Crippen LogP contribution is 2.33. The minimum absolute atomic E-state index is 0.00511. The van der Waals surface area contributed by atoms with Gasteiger partial charge in [0.25, 0.3) is 0 Å². The van der Waals surface area contributed by atoms with E-state index in [4.69, 9.17) is 11.0 Å². The predicted octanol–water partition coefficient (Wildman–Crippen LogP) is 6.66. The van der Waals surface area contributed by atoms with Crippen LogP contribution in [-0.2, 0) is 4.79 Å². The summed E-state index contributed by atoms with van der Waals surface area (Å²) in [4.78, 5) is 15.9. The van der Waals surface area contributed by atoms with Gasteiger partial charge >= 0.3 is 0 Å². The topological polar surface area (TPSA) is 79.2 Å². The van der Waals surface area contributed by atoms with Gasteiger partial charge in [0.2, 0.25) is 0 Å². The Labute approximate surface area is 178 Å². The van der Waals surface area contributed by atoms with Crippen LogP contribution in [0.3, 0.4) is 0 Å². The zero-order chi connectivity index (χ0) is 22.2. The van der Waals surface area contributed by atoms with Crippen LogP contribution in [0.25, 0.3) is 11.1 Å². The highest BCUT2D eigenvalue weighted by atomic mass is 32.1. The summed E-state index contributed by atoms with van der Waals surface area (Å²) in [5.74, 6) is -0.126. The van der Waals surface area contributed by atoms with Crippen molar-refractivity contribution in [3.8, 4) is 17.2 Å². The molecule has 0 spiro atoms. The third-order valence-corrected chi connectivity index (χ3v) is 4.43. The van der Waals surface area contributed by atoms with Gasteiger partial charge in [0.15, 0.2) is 0 Å². The molecule has 0 aliphatic heterocycles. The number of carbonyl (C=O) groups excluding carboxylic acids is 1. The number of carbonyl (C=O) groups is 1. The summed E-state index contributed by atoms with van der Waals surface area (Å²) in [6.07, 6.45) is 5.56. The lowest BCUT2D eigenvalue weighted by Crippen LogP contribution is -2.08. The second kappa shape index (κ2) is 15.4. The molecule has 0 radical (unpaired) electrons. The molecule has 4 nitrogen and oxygen atoms in total. The van der Waals surface area contributed by atoms with Crippen molar-refractivity contribution < 1.29 is 9.18 Å². The van der Waals surface area contributed by atoms with E-state index < -0.39 is 5.82 Å². The maximum Gasteiger partial charge on any atom is 0.140 e. The van der Waals surface area contributed by atoms with Crippen molar-refractivity contribution in [2.45, 2.75) is 66.3 Å². The Morgan fingerprint density at radius 3 is 2.34 bits per heavy atom. The molecule has 1 aromatic heterocycles. The lowest BCUT2D eigenvalue weighted by atomic mass is 10.0. The quantitative estimate of drug-likeness (QED) is 0.336. The summed E-state index contributed by atoms with van der Waals surface area (Å²) in [6, 6.07) is 7.81. The Hall–Kier alpha value is -2.52. The third kappa shape index (κ3) is 10.00. The summed E-state index contributed by atoms with van der Waals surface area (Å²) in [5.41, 5.74) is 7.21. The molecule has 29 heavy (non-hydrogen) atoms. The maximum absolute atomic E-state index is 13.4. The first-order chi connectivity index (χ1) is 14.0. The highest BCUT2D eigenvalue weighted by molar-refractivity contribution is 7.10. The average Bonchev–Trinajstić information content (AvgIpc) is 3.55. The van der Waals surface area contributed by atoms with Crippen LogP contribution in [-0.4, -0.2) is 12.1 Å². The van der Waals surface area contributed by atoms with E-state index >= 15 is 0 Å². The lowest BCUT2D eigenvalue weighted by Gasteiger charge is -2.07. The minimum atomic E-state index is -0.538. The number of thiophene rings is 1. The maximum atomic E-state index is 13.4. The van der Waals surface area contributed by atoms with Gasteiger partial charge in [0.1, 0.15) is 18.2 Å². The van der Waals surface area contributed by atoms with Crippen LogP contribution in [0, 0.1) is 17.1 Å². The van der Waals surface area contributed by atoms with E-state index in [0.29, 0.717) is 5.84 Å². The Bertz CT molecular complexity index is 800. The average molecular weight is 418 g/mol. The number of nitriles is 1. The molecule has 1 unspecified atom stereocenters. The number of nitrogens with two attached hydrogens (primary N) is 1. The molecule has 0 bridgehead atoms. The van der Waals surface area contributed by atoms with Gasteiger partial charge in [-0.25, -0.2) is 4.39 Å². The van der Waals surface area contributed by atoms with Crippen LogP contribution >= 0.6 is 11.3 Å². The number of aldehydes is 1. The van der Waals surface area contributed by atoms with Crippen LogP contribution in [0.1, 0.15) is 76.8 Å². The van der Waals surface area contributed by atoms with Crippen molar-refractivity contribution in [1.82, 2.24) is 0 Å². The van der Waals surface area contributed by atoms with E-state index in [2.05, 4.69) is 4.99 Å². The first-order valence-electron chi connectivity index (χ1n) is 10.1. The zero-order valence-corrected chi connectivity index (χ0v) is 18.9. The standard InChI is InChI=1S/C16H14FN3OS.C3H6.2C2H6/c1-10(19)20-15(4-5-21)16-7-13(9-22-16)11-2-3-14(17)12(6-11)8-18;1-2-3-1;2*1-2/h2-3,5-7,9,15H,4H2,1H3,(H2,19,20);1-3H2;2*1-2H3. The zero-order valence-electron chi connectivity index (χ0n) is 18.0. The number of hydrogen-bond acceptors (Lipinski definition) is 4. The number of amidine groups is 1. The van der Waals surface area contributed by atoms with Crippen molar-refractivity contribution in [1.29, 1.82) is 5.26 Å². The number of aliphatic imine (C=N–C) groups is 1. The van der Waals surface area contributed by atoms with Gasteiger partial charge in [0.05, 0.1) is 17.4 Å². The van der Waals surface area contributed by atoms with Crippen molar-refractivity contribution in [3.05, 3.63) is 45.9 Å². The third-order valence-electron chi connectivity index (χ3n) is 3.40. The van der Waals surface area contributed by atoms with E-state index in [1.54, 1.807) is 13.0 Å². The van der Waals surface area contributed by atoms with Crippen LogP contribution < -0.4 is 5.73 Å². The molecule has 1 atom stereocenters. The largest absolute Gasteiger partial charge is 0.388 e. The van der Waals surface area contributed by atoms with Crippen LogP contribution in [0.15, 0.2) is 34.6 Å². The number of nitrogens with zero attached hydrogens (tertiary/aromatic N) is 2. The van der Waals surface area contributed by atoms with E-state index in [0.717, 1.165) is 22.3 Å². The number of halogens is 1. The summed E-state index contributed by atoms with van der Waals surface area (Å²) in [5, 5.41) is 10.8. The summed E-state index contributed by atoms with van der Waals surface area (Å²) < 4.78 is 13.4. The van der Waals surface area contributed by atoms with Crippen molar-refractivity contribution in [3.63, 3.8) is 0 Å². The van der Waals surface area contributed by atoms with Gasteiger partial charge in [0, 0.05) is 11.3 Å². The fourth-order valence-corrected chi connectivity index (χ4v) is 3.01. The molecule has 158 valence electrons. The van der Waals surface area contributed by atoms with E-state index in [9.17, 15) is 9.18 Å². The van der Waals surface area contributed by atoms with Crippen LogP contribution in [0.5, 0.6) is 0 Å². The summed E-state index contributed by atoms with van der Waals surface area (Å²) in [7, 11) is 0. The minimum Gasteiger partial charge on any atom is -0.388 e. The Balaban J connectivity index is 0.000000973. The SMILES string of the molecule is C1CC1.CC.CC.CC(N)=NC(CC=O)c1cc(-c2ccc(F)c(C#N)c2)cs1. The van der Waals surface area contributed by atoms with Gasteiger partial charge in [-0.2, -0.15) is 5.26 Å². The van der Waals surface area contributed by atoms with Crippen LogP contribution in [0.4, 0.5) is 4.39 Å². The molecule has 1 heterocycles. The second-order valence-electron chi connectivity index (χ2n) is 5.79. The van der Waals surface area contributed by atoms with Gasteiger partial charge in [-0.1, -0.05) is 53.0 Å². The molecular formula is C23H32FN3OS. The number of hydrogen-bond donors (Lipinski definition) is 1. The normalized spacial score (nSPS) is 12.5. The number of rotatable bonds is 5. The molecule has 0 amide bonds. The van der Waals surface area contributed by atoms with Gasteiger partial charge in [-0.15, -0.1) is 11.3 Å². The summed E-state index contributed by atoms with van der Waals surface area (Å²) in [6.45, 7) is 9.67. The van der Waals surface area contributed by atoms with Gasteiger partial charge in [-0.3, -0.25) is 4.99 Å². The molecule has 2 aromatic rings. The molecule has 1 fully saturated rings. The fourth-order valence-electron chi connectivity index (χ4n) is 2.04. The molecule has 1 saturated carbocycles. The smallest absolute Gasteiger partial charge is 0.140 e. The van der Waals surface area contributed by atoms with Crippen molar-refractivity contribution in [2.75, 3.05) is 0 Å². The van der Waals surface area contributed by atoms with Crippen molar-refractivity contribution in [2.24, 2.45) is 10.7 Å². The Morgan fingerprint density at radius 1 is 1.24 bits per heavy atom. The Morgan fingerprint density at radius 2 is 1.86 bits per heavy atom. The summed E-state index contributed by atoms with van der Waals surface area (Å²) >= 11 is 1.45. The first kappa shape index (κ1) is 26.5. The van der Waals surface area contributed by atoms with Crippen LogP contribution in [0.2, 0.25) is 0 Å². The predicted molar refractivity (Wildman–Crippen MR) is 122 cm³/mol. The molecule has 6 heteroatoms. The molecule has 1 aliphatic carbocycles. The van der Waals surface area contributed by atoms with E-state index in [1.807, 2.05) is 45.2 Å². The van der Waals surface area contributed by atoms with E-state index in [-0.39, 0.29) is 18.0 Å². The van der Waals surface area contributed by atoms with Gasteiger partial charge < -0.3 is 10.5 Å². The van der Waals surface area contributed by atoms with E-state index in [1.165, 1.54) is 42.7 Å². The van der Waals surface area contributed by atoms with Crippen molar-refractivity contribution >= 4 is 23.5 Å². The molecule has 3 rings (SSSR count). The molecular weight excluding hydrogens is 385 g/mol.